The lowest BCUT2D eigenvalue weighted by atomic mass is 9.74. The third kappa shape index (κ3) is 4.83. The van der Waals surface area contributed by atoms with Crippen LogP contribution in [0.4, 0.5) is 0 Å². The molecule has 0 saturated carbocycles. The van der Waals surface area contributed by atoms with Crippen LogP contribution in [0.15, 0.2) is 48.2 Å². The largest absolute Gasteiger partial charge is 0.508 e. The summed E-state index contributed by atoms with van der Waals surface area (Å²) in [6, 6.07) is 5.21. The van der Waals surface area contributed by atoms with Crippen molar-refractivity contribution in [2.45, 2.75) is 38.6 Å². The van der Waals surface area contributed by atoms with Crippen molar-refractivity contribution >= 4 is 17.7 Å². The Kier molecular flexibility index (Phi) is 6.52. The number of phenolic OH excluding ortho intramolecular Hbond substituents is 1. The van der Waals surface area contributed by atoms with Crippen LogP contribution in [0, 0.1) is 5.41 Å². The number of phenols is 1. The first kappa shape index (κ1) is 20.4. The lowest BCUT2D eigenvalue weighted by molar-refractivity contribution is -0.152. The Labute approximate surface area is 157 Å². The van der Waals surface area contributed by atoms with Gasteiger partial charge in [-0.3, -0.25) is 14.4 Å². The number of carbonyl (C=O) groups is 3. The smallest absolute Gasteiger partial charge is 0.321 e. The van der Waals surface area contributed by atoms with Crippen LogP contribution >= 0.6 is 0 Å². The van der Waals surface area contributed by atoms with Crippen LogP contribution in [0.25, 0.3) is 0 Å². The minimum Gasteiger partial charge on any atom is -0.508 e. The quantitative estimate of drug-likeness (QED) is 0.514. The summed E-state index contributed by atoms with van der Waals surface area (Å²) in [5.74, 6) is -1.94. The van der Waals surface area contributed by atoms with Gasteiger partial charge in [0.05, 0.1) is 6.04 Å². The number of carboxylic acids is 1. The molecule has 1 amide bonds. The second-order valence-corrected chi connectivity index (χ2v) is 6.61. The van der Waals surface area contributed by atoms with Crippen LogP contribution in [-0.2, 0) is 20.8 Å². The number of rotatable bonds is 8. The molecule has 1 aromatic carbocycles. The van der Waals surface area contributed by atoms with Gasteiger partial charge in [0.2, 0.25) is 5.91 Å². The molecular formula is C20H24N2O5. The number of allylic oxidation sites excluding steroid dienone is 2. The number of amides is 1. The number of nitrogens with two attached hydrogens (primary N) is 1. The first-order chi connectivity index (χ1) is 12.8. The number of aliphatic carboxylic acids is 1. The highest BCUT2D eigenvalue weighted by Crippen LogP contribution is 2.32. The molecule has 7 nitrogen and oxygen atoms in total. The molecule has 1 unspecified atom stereocenters. The van der Waals surface area contributed by atoms with Gasteiger partial charge in [-0.15, -0.1) is 0 Å². The number of nitrogens with one attached hydrogen (secondary N) is 1. The van der Waals surface area contributed by atoms with Gasteiger partial charge in [-0.05, 0) is 43.0 Å². The summed E-state index contributed by atoms with van der Waals surface area (Å²) in [5, 5.41) is 21.7. The summed E-state index contributed by atoms with van der Waals surface area (Å²) >= 11 is 0. The van der Waals surface area contributed by atoms with E-state index in [-0.39, 0.29) is 24.5 Å². The number of aromatic hydroxyl groups is 1. The van der Waals surface area contributed by atoms with Crippen LogP contribution in [0.5, 0.6) is 5.75 Å². The molecule has 0 aliphatic heterocycles. The van der Waals surface area contributed by atoms with Crippen LogP contribution in [0.1, 0.15) is 31.7 Å². The molecule has 1 aromatic rings. The van der Waals surface area contributed by atoms with Crippen molar-refractivity contribution in [3.63, 3.8) is 0 Å². The number of ketones is 1. The van der Waals surface area contributed by atoms with E-state index < -0.39 is 23.2 Å². The third-order valence-electron chi connectivity index (χ3n) is 4.50. The molecule has 2 rings (SSSR count). The fraction of sp³-hybridized carbons (Fsp3) is 0.350. The normalized spacial score (nSPS) is 19.9. The zero-order chi connectivity index (χ0) is 20.0. The predicted molar refractivity (Wildman–Crippen MR) is 99.8 cm³/mol. The lowest BCUT2D eigenvalue weighted by Crippen LogP contribution is -2.48. The molecule has 0 aromatic heterocycles. The average molecular weight is 372 g/mol. The molecule has 1 aliphatic carbocycles. The zero-order valence-electron chi connectivity index (χ0n) is 15.1. The van der Waals surface area contributed by atoms with Crippen molar-refractivity contribution in [3.05, 3.63) is 53.8 Å². The Morgan fingerprint density at radius 2 is 1.93 bits per heavy atom. The van der Waals surface area contributed by atoms with Crippen molar-refractivity contribution in [3.8, 4) is 5.75 Å². The Hall–Kier alpha value is -2.93. The minimum absolute atomic E-state index is 0.0807. The molecule has 0 radical (unpaired) electrons. The van der Waals surface area contributed by atoms with Crippen molar-refractivity contribution in [1.82, 2.24) is 5.32 Å². The highest BCUT2D eigenvalue weighted by Gasteiger charge is 2.46. The number of benzene rings is 1. The van der Waals surface area contributed by atoms with E-state index in [2.05, 4.69) is 5.32 Å². The number of carboxylic acid groups (broad SMARTS) is 1. The van der Waals surface area contributed by atoms with E-state index in [4.69, 9.17) is 5.73 Å². The van der Waals surface area contributed by atoms with Crippen LogP contribution < -0.4 is 11.1 Å². The van der Waals surface area contributed by atoms with Gasteiger partial charge in [-0.1, -0.05) is 31.2 Å². The first-order valence-corrected chi connectivity index (χ1v) is 8.79. The monoisotopic (exact) mass is 372 g/mol. The van der Waals surface area contributed by atoms with Gasteiger partial charge >= 0.3 is 5.97 Å². The van der Waals surface area contributed by atoms with Crippen molar-refractivity contribution < 1.29 is 24.6 Å². The standard InChI is InChI=1S/C20H24N2O5/c1-2-3-17(24)22-14-8-10-20(11-9-14,19(26)27)18(25)16(21)12-13-4-6-15(23)7-5-13/h4-10,16,23H,2-3,11-12,21H2,1H3,(H,22,24)(H,26,27)/t16-,20?/m0/s1. The Morgan fingerprint density at radius 3 is 2.44 bits per heavy atom. The Balaban J connectivity index is 2.12. The maximum atomic E-state index is 12.8. The topological polar surface area (TPSA) is 130 Å². The molecule has 1 aliphatic rings. The van der Waals surface area contributed by atoms with Gasteiger partial charge in [-0.25, -0.2) is 0 Å². The fourth-order valence-corrected chi connectivity index (χ4v) is 2.94. The van der Waals surface area contributed by atoms with Crippen LogP contribution in [-0.4, -0.2) is 33.9 Å². The molecular weight excluding hydrogens is 348 g/mol. The van der Waals surface area contributed by atoms with Crippen LogP contribution in [0.2, 0.25) is 0 Å². The summed E-state index contributed by atoms with van der Waals surface area (Å²) in [6.45, 7) is 1.88. The number of carbonyl (C=O) groups excluding carboxylic acids is 2. The molecule has 5 N–H and O–H groups in total. The van der Waals surface area contributed by atoms with Crippen molar-refractivity contribution in [2.24, 2.45) is 11.1 Å². The molecule has 0 heterocycles. The summed E-state index contributed by atoms with van der Waals surface area (Å²) in [5.41, 5.74) is 5.44. The van der Waals surface area contributed by atoms with Crippen molar-refractivity contribution in [1.29, 1.82) is 0 Å². The zero-order valence-corrected chi connectivity index (χ0v) is 15.1. The molecule has 27 heavy (non-hydrogen) atoms. The average Bonchev–Trinajstić information content (AvgIpc) is 2.63. The van der Waals surface area contributed by atoms with Gasteiger partial charge in [0.15, 0.2) is 5.78 Å². The summed E-state index contributed by atoms with van der Waals surface area (Å²) in [6.07, 6.45) is 5.42. The highest BCUT2D eigenvalue weighted by molar-refractivity contribution is 6.08. The van der Waals surface area contributed by atoms with E-state index in [0.29, 0.717) is 18.5 Å². The second-order valence-electron chi connectivity index (χ2n) is 6.61. The summed E-state index contributed by atoms with van der Waals surface area (Å²) in [4.78, 5) is 36.4. The van der Waals surface area contributed by atoms with Gasteiger partial charge < -0.3 is 21.3 Å². The minimum atomic E-state index is -1.75. The van der Waals surface area contributed by atoms with E-state index in [1.54, 1.807) is 12.1 Å². The highest BCUT2D eigenvalue weighted by atomic mass is 16.4. The Morgan fingerprint density at radius 1 is 1.26 bits per heavy atom. The third-order valence-corrected chi connectivity index (χ3v) is 4.50. The van der Waals surface area contributed by atoms with Gasteiger partial charge in [0.25, 0.3) is 0 Å². The van der Waals surface area contributed by atoms with Crippen LogP contribution in [0.3, 0.4) is 0 Å². The SMILES string of the molecule is CCCC(=O)NC1=CCC(C(=O)O)(C(=O)[C@@H](N)Cc2ccc(O)cc2)C=C1. The fourth-order valence-electron chi connectivity index (χ4n) is 2.94. The van der Waals surface area contributed by atoms with E-state index in [0.717, 1.165) is 5.56 Å². The van der Waals surface area contributed by atoms with E-state index in [9.17, 15) is 24.6 Å². The van der Waals surface area contributed by atoms with E-state index in [1.807, 2.05) is 6.92 Å². The number of hydrogen-bond acceptors (Lipinski definition) is 5. The molecule has 0 saturated heterocycles. The molecule has 0 bridgehead atoms. The second kappa shape index (κ2) is 8.64. The maximum Gasteiger partial charge on any atom is 0.321 e. The first-order valence-electron chi connectivity index (χ1n) is 8.79. The summed E-state index contributed by atoms with van der Waals surface area (Å²) < 4.78 is 0. The Bertz CT molecular complexity index is 782. The van der Waals surface area contributed by atoms with Crippen molar-refractivity contribution in [2.75, 3.05) is 0 Å². The molecule has 144 valence electrons. The predicted octanol–water partition coefficient (Wildman–Crippen LogP) is 1.66. The number of Topliss-reactive ketones (excluding diaryl/α,β-unsaturated/α-hetero) is 1. The molecule has 0 spiro atoms. The van der Waals surface area contributed by atoms with Gasteiger partial charge in [0, 0.05) is 12.1 Å². The molecule has 2 atom stereocenters. The molecule has 0 fully saturated rings. The maximum absolute atomic E-state index is 12.8. The summed E-state index contributed by atoms with van der Waals surface area (Å²) in [7, 11) is 0. The van der Waals surface area contributed by atoms with E-state index >= 15 is 0 Å². The van der Waals surface area contributed by atoms with E-state index in [1.165, 1.54) is 30.4 Å². The van der Waals surface area contributed by atoms with Gasteiger partial charge in [-0.2, -0.15) is 0 Å². The number of hydrogen-bond donors (Lipinski definition) is 4. The molecule has 7 heteroatoms. The lowest BCUT2D eigenvalue weighted by Gasteiger charge is -2.29. The van der Waals surface area contributed by atoms with Gasteiger partial charge in [0.1, 0.15) is 11.2 Å².